The van der Waals surface area contributed by atoms with E-state index >= 15 is 0 Å². The maximum absolute atomic E-state index is 7.75. The summed E-state index contributed by atoms with van der Waals surface area (Å²) in [5, 5.41) is 13.0. The first-order valence-electron chi connectivity index (χ1n) is 32.2. The van der Waals surface area contributed by atoms with Crippen LogP contribution in [-0.4, -0.2) is 131 Å². The summed E-state index contributed by atoms with van der Waals surface area (Å²) < 4.78 is 20.7. The summed E-state index contributed by atoms with van der Waals surface area (Å²) in [7, 11) is 16.8. The number of ether oxygens (including phenoxy) is 4. The molecule has 0 aliphatic heterocycles. The van der Waals surface area contributed by atoms with Crippen molar-refractivity contribution in [1.29, 1.82) is 0 Å². The Hall–Kier alpha value is -3.14. The van der Waals surface area contributed by atoms with E-state index in [-0.39, 0.29) is 132 Å². The molecule has 24 heteroatoms. The van der Waals surface area contributed by atoms with Crippen molar-refractivity contribution in [2.24, 2.45) is 11.8 Å². The van der Waals surface area contributed by atoms with Gasteiger partial charge in [0.1, 0.15) is 11.5 Å². The molecule has 4 saturated carbocycles. The summed E-state index contributed by atoms with van der Waals surface area (Å²) in [5.74, 6) is 5.30. The minimum absolute atomic E-state index is 0. The molecule has 16 nitrogen and oxygen atoms in total. The molecule has 6 unspecified atom stereocenters. The Morgan fingerprint density at radius 2 is 0.796 bits per heavy atom. The summed E-state index contributed by atoms with van der Waals surface area (Å²) in [6.45, 7) is 43.7. The monoisotopic (exact) mass is 1760 g/mol. The third-order valence-electron chi connectivity index (χ3n) is 16.2. The van der Waals surface area contributed by atoms with E-state index in [1.807, 2.05) is 44.4 Å². The van der Waals surface area contributed by atoms with Crippen LogP contribution in [0.2, 0.25) is 0 Å². The van der Waals surface area contributed by atoms with Crippen molar-refractivity contribution in [3.63, 3.8) is 0 Å². The first-order valence-corrected chi connectivity index (χ1v) is 34.3. The fourth-order valence-corrected chi connectivity index (χ4v) is 15.5. The van der Waals surface area contributed by atoms with Crippen LogP contribution in [0.5, 0.6) is 11.5 Å². The van der Waals surface area contributed by atoms with Crippen molar-refractivity contribution in [2.45, 2.75) is 214 Å². The molecule has 4 aliphatic rings. The van der Waals surface area contributed by atoms with Crippen LogP contribution in [0, 0.1) is 69.2 Å². The second kappa shape index (κ2) is 87.8. The number of allylic oxidation sites excluding steroid dienone is 3. The third kappa shape index (κ3) is 57.6. The van der Waals surface area contributed by atoms with E-state index in [9.17, 15) is 0 Å². The molecule has 4 aromatic rings. The first-order chi connectivity index (χ1) is 44.9. The van der Waals surface area contributed by atoms with Gasteiger partial charge in [-0.2, -0.15) is 0 Å². The Morgan fingerprint density at radius 3 is 0.990 bits per heavy atom. The maximum Gasteiger partial charge on any atom is 2.00 e. The zero-order chi connectivity index (χ0) is 71.7. The SMILES string of the molecule is C/C=C(/CC)OC.C1CCCC1.C1CCCC1.C=C(CC)OC.COc1c(C)cc(PC2CCCC2[C@@H](C)[N-]Cc2cc(N(C)C)ccn2)cc1C.COc1c(C)cc(PC2CCCC2[C@H](C)[N-]Cc2cc(N(C)C)ccn2)cc1C.[Br-].[Br-].[CH-]=O.[CH-]=O.[CH-]=O.[CH-]=O.[CH-]=O.[CH-]=O.[CH3-].[CH3-].[CH3-].[CH3-].[Fe+2].[Fe+2].[Mn].[Mn]. The third-order valence-corrected chi connectivity index (χ3v) is 19.7. The van der Waals surface area contributed by atoms with Gasteiger partial charge in [-0.25, -0.2) is 0 Å². The van der Waals surface area contributed by atoms with Crippen LogP contribution < -0.4 is 63.8 Å². The van der Waals surface area contributed by atoms with Gasteiger partial charge in [-0.3, -0.25) is 50.7 Å². The van der Waals surface area contributed by atoms with Crippen LogP contribution >= 0.6 is 17.2 Å². The molecule has 0 amide bonds. The molecular weight excluding hydrogens is 1640 g/mol. The number of hydrogen-bond acceptors (Lipinski definition) is 14. The molecule has 4 aliphatic carbocycles. The molecule has 0 bridgehead atoms. The Kier molecular flexibility index (Phi) is 113. The van der Waals surface area contributed by atoms with E-state index in [4.69, 9.17) is 58.3 Å². The Labute approximate surface area is 697 Å². The van der Waals surface area contributed by atoms with Crippen LogP contribution in [0.1, 0.15) is 184 Å². The number of halogens is 2. The number of pyridine rings is 2. The molecular formula is C79H130Br2Fe2Mn2N6O10P2-10. The topological polar surface area (TPSA) is 200 Å². The minimum atomic E-state index is 0. The quantitative estimate of drug-likeness (QED) is 0.0266. The molecule has 0 saturated heterocycles. The van der Waals surface area contributed by atoms with Gasteiger partial charge in [0.25, 0.3) is 0 Å². The Balaban J connectivity index is -0.0000000826. The standard InChI is InChI=1S/2C24H35N3OP.C6H12O.C5H10O.2C5H10.6CHO.4CH3.2BrH.2Fe.2Mn/c2*1-16-12-21(13-17(2)24(16)28-6)29-23-9-7-8-22(23)18(3)26-15-19-14-20(27(4)5)10-11-25-19;1-4-6(5-2)7-3;1-4-5(2)6-3;2*1-2-4-5-3-1;6*1-2;;;;;;;;;;/h2*10-14,18,22-23,29H,7-9,15H2,1-6H3;4H,5H2,1-3H3;2,4H2,1,3H3;2*1-5H2;6*1H;4*1H3;2*1H;;;;/q2*-1;;;;;10*-1;;;2*+2;;/p-2/b;;6-4-;;;;;;;;;;;;;;;;;;;/t2*18-,22?,23?;;;;;;;;;;;;;;;;;;;;/m10..................../s1. The number of benzene rings is 2. The number of aromatic nitrogens is 2. The smallest absolute Gasteiger partial charge is 1.00 e. The van der Waals surface area contributed by atoms with Crippen molar-refractivity contribution in [2.75, 3.05) is 66.4 Å². The molecule has 2 aromatic carbocycles. The van der Waals surface area contributed by atoms with E-state index in [0.29, 0.717) is 37.0 Å². The molecule has 8 atom stereocenters. The van der Waals surface area contributed by atoms with E-state index in [1.165, 1.54) is 147 Å². The van der Waals surface area contributed by atoms with Crippen LogP contribution in [0.4, 0.5) is 11.4 Å². The van der Waals surface area contributed by atoms with Crippen LogP contribution in [0.15, 0.2) is 85.1 Å². The van der Waals surface area contributed by atoms with E-state index in [2.05, 4.69) is 180 Å². The van der Waals surface area contributed by atoms with Gasteiger partial charge in [-0.05, 0) is 146 Å². The number of carbonyl (C=O) groups excluding carboxylic acids is 6. The molecule has 103 heavy (non-hydrogen) atoms. The van der Waals surface area contributed by atoms with Gasteiger partial charge in [-0.15, -0.1) is 25.2 Å². The Bertz CT molecular complexity index is 2340. The largest absolute Gasteiger partial charge is 2.00 e. The van der Waals surface area contributed by atoms with Crippen molar-refractivity contribution < 1.29 is 150 Å². The minimum Gasteiger partial charge on any atom is -1.00 e. The number of anilines is 2. The molecule has 2 aromatic heterocycles. The molecule has 2 radical (unpaired) electrons. The molecule has 0 spiro atoms. The zero-order valence-electron chi connectivity index (χ0n) is 66.1. The predicted octanol–water partition coefficient (Wildman–Crippen LogP) is 12.0. The fraction of sp³-hybridized carbons (Fsp3) is 0.544. The Morgan fingerprint density at radius 1 is 0.515 bits per heavy atom. The summed E-state index contributed by atoms with van der Waals surface area (Å²) in [4.78, 5) is 59.7. The average molecular weight is 1770 g/mol. The van der Waals surface area contributed by atoms with Crippen molar-refractivity contribution in [1.82, 2.24) is 9.97 Å². The summed E-state index contributed by atoms with van der Waals surface area (Å²) in [5.41, 5.74) is 10.9. The predicted molar refractivity (Wildman–Crippen MR) is 423 cm³/mol. The van der Waals surface area contributed by atoms with Crippen LogP contribution in [0.3, 0.4) is 0 Å². The number of methoxy groups -OCH3 is 4. The molecule has 4 fully saturated rings. The van der Waals surface area contributed by atoms with Gasteiger partial charge in [0, 0.05) is 110 Å². The molecule has 0 N–H and O–H groups in total. The van der Waals surface area contributed by atoms with Crippen molar-refractivity contribution in [3.8, 4) is 11.5 Å². The molecule has 600 valence electrons. The molecule has 2 heterocycles. The molecule has 8 rings (SSSR count). The summed E-state index contributed by atoms with van der Waals surface area (Å²) >= 11 is 0. The maximum atomic E-state index is 7.75. The van der Waals surface area contributed by atoms with Gasteiger partial charge in [0.15, 0.2) is 0 Å². The van der Waals surface area contributed by atoms with Crippen LogP contribution in [0.25, 0.3) is 10.6 Å². The summed E-state index contributed by atoms with van der Waals surface area (Å²) in [6.07, 6.45) is 30.5. The van der Waals surface area contributed by atoms with Crippen molar-refractivity contribution in [3.05, 3.63) is 159 Å². The fourth-order valence-electron chi connectivity index (χ4n) is 11.4. The number of nitrogens with zero attached hydrogens (tertiary/aromatic N) is 6. The number of rotatable bonds is 20. The van der Waals surface area contributed by atoms with Gasteiger partial charge in [0.2, 0.25) is 0 Å². The normalized spacial score (nSPS) is 15.3. The van der Waals surface area contributed by atoms with E-state index < -0.39 is 0 Å². The summed E-state index contributed by atoms with van der Waals surface area (Å²) in [6, 6.07) is 18.4. The van der Waals surface area contributed by atoms with Gasteiger partial charge in [-0.1, -0.05) is 153 Å². The van der Waals surface area contributed by atoms with Gasteiger partial charge in [0.05, 0.1) is 40.0 Å². The van der Waals surface area contributed by atoms with Crippen molar-refractivity contribution >= 4 is 79.9 Å². The second-order valence-corrected chi connectivity index (χ2v) is 26.1. The van der Waals surface area contributed by atoms with E-state index in [0.717, 1.165) is 75.7 Å². The first kappa shape index (κ1) is 132. The number of aryl methyl sites for hydroxylation is 4. The van der Waals surface area contributed by atoms with Crippen LogP contribution in [-0.2, 0) is 120 Å². The zero-order valence-corrected chi connectivity index (χ0v) is 75.9. The van der Waals surface area contributed by atoms with E-state index in [1.54, 1.807) is 28.4 Å². The second-order valence-electron chi connectivity index (χ2n) is 22.9. The van der Waals surface area contributed by atoms with Gasteiger partial charge >= 0.3 is 34.1 Å². The number of hydrogen-bond donors (Lipinski definition) is 0. The van der Waals surface area contributed by atoms with Gasteiger partial charge < -0.3 is 132 Å². The average Bonchev–Trinajstić information content (AvgIpc) is 1.82.